The van der Waals surface area contributed by atoms with E-state index in [1.807, 2.05) is 51.0 Å². The van der Waals surface area contributed by atoms with Crippen molar-refractivity contribution in [3.8, 4) is 0 Å². The van der Waals surface area contributed by atoms with E-state index in [-0.39, 0.29) is 18.9 Å². The van der Waals surface area contributed by atoms with E-state index >= 15 is 0 Å². The SMILES string of the molecule is Cc1ccc(NC(=O)CCN(CCCN(C)C)S(C)(=O)=O)cc1C. The van der Waals surface area contributed by atoms with Gasteiger partial charge >= 0.3 is 0 Å². The van der Waals surface area contributed by atoms with Gasteiger partial charge in [-0.2, -0.15) is 0 Å². The molecule has 0 aliphatic heterocycles. The maximum Gasteiger partial charge on any atom is 0.225 e. The highest BCUT2D eigenvalue weighted by Gasteiger charge is 2.17. The molecule has 0 atom stereocenters. The van der Waals surface area contributed by atoms with Crippen LogP contribution in [0.2, 0.25) is 0 Å². The molecule has 1 aromatic rings. The van der Waals surface area contributed by atoms with Gasteiger partial charge < -0.3 is 10.2 Å². The second kappa shape index (κ2) is 9.15. The van der Waals surface area contributed by atoms with Crippen molar-refractivity contribution in [2.24, 2.45) is 0 Å². The van der Waals surface area contributed by atoms with Crippen molar-refractivity contribution >= 4 is 21.6 Å². The van der Waals surface area contributed by atoms with Crippen LogP contribution < -0.4 is 5.32 Å². The van der Waals surface area contributed by atoms with Gasteiger partial charge in [-0.3, -0.25) is 4.79 Å². The lowest BCUT2D eigenvalue weighted by Gasteiger charge is -2.20. The fraction of sp³-hybridized carbons (Fsp3) is 0.588. The Labute approximate surface area is 145 Å². The Morgan fingerprint density at radius 2 is 1.75 bits per heavy atom. The van der Waals surface area contributed by atoms with Gasteiger partial charge in [0.15, 0.2) is 0 Å². The van der Waals surface area contributed by atoms with Crippen molar-refractivity contribution in [3.63, 3.8) is 0 Å². The van der Waals surface area contributed by atoms with Gasteiger partial charge in [-0.25, -0.2) is 12.7 Å². The number of rotatable bonds is 9. The third-order valence-electron chi connectivity index (χ3n) is 3.86. The standard InChI is InChI=1S/C17H29N3O3S/c1-14-7-8-16(13-15(14)2)18-17(21)9-12-20(24(5,22)23)11-6-10-19(3)4/h7-8,13H,6,9-12H2,1-5H3,(H,18,21). The quantitative estimate of drug-likeness (QED) is 0.734. The molecule has 0 spiro atoms. The van der Waals surface area contributed by atoms with Gasteiger partial charge in [-0.05, 0) is 64.2 Å². The number of carbonyl (C=O) groups is 1. The van der Waals surface area contributed by atoms with Crippen molar-refractivity contribution in [1.82, 2.24) is 9.21 Å². The monoisotopic (exact) mass is 355 g/mol. The van der Waals surface area contributed by atoms with Gasteiger partial charge in [0, 0.05) is 25.2 Å². The van der Waals surface area contributed by atoms with E-state index in [0.29, 0.717) is 6.54 Å². The topological polar surface area (TPSA) is 69.7 Å². The Morgan fingerprint density at radius 3 is 2.29 bits per heavy atom. The van der Waals surface area contributed by atoms with Crippen LogP contribution in [0.3, 0.4) is 0 Å². The summed E-state index contributed by atoms with van der Waals surface area (Å²) in [6, 6.07) is 5.72. The first-order valence-corrected chi connectivity index (χ1v) is 9.91. The van der Waals surface area contributed by atoms with E-state index in [4.69, 9.17) is 0 Å². The van der Waals surface area contributed by atoms with Crippen molar-refractivity contribution < 1.29 is 13.2 Å². The molecular weight excluding hydrogens is 326 g/mol. The lowest BCUT2D eigenvalue weighted by molar-refractivity contribution is -0.116. The average molecular weight is 356 g/mol. The number of hydrogen-bond donors (Lipinski definition) is 1. The fourth-order valence-electron chi connectivity index (χ4n) is 2.28. The zero-order chi connectivity index (χ0) is 18.3. The van der Waals surface area contributed by atoms with Gasteiger partial charge in [0.2, 0.25) is 15.9 Å². The van der Waals surface area contributed by atoms with E-state index < -0.39 is 10.0 Å². The Hall–Kier alpha value is -1.44. The third-order valence-corrected chi connectivity index (χ3v) is 5.16. The van der Waals surface area contributed by atoms with Crippen molar-refractivity contribution in [1.29, 1.82) is 0 Å². The minimum absolute atomic E-state index is 0.141. The van der Waals surface area contributed by atoms with Crippen LogP contribution in [-0.2, 0) is 14.8 Å². The molecule has 0 aliphatic carbocycles. The van der Waals surface area contributed by atoms with Crippen LogP contribution in [0, 0.1) is 13.8 Å². The van der Waals surface area contributed by atoms with Crippen molar-refractivity contribution in [2.75, 3.05) is 45.3 Å². The second-order valence-electron chi connectivity index (χ2n) is 6.42. The Bertz CT molecular complexity index is 657. The molecule has 6 nitrogen and oxygen atoms in total. The van der Waals surface area contributed by atoms with Gasteiger partial charge in [-0.1, -0.05) is 6.07 Å². The zero-order valence-corrected chi connectivity index (χ0v) is 16.1. The molecule has 7 heteroatoms. The summed E-state index contributed by atoms with van der Waals surface area (Å²) in [5, 5.41) is 2.82. The first-order chi connectivity index (χ1) is 11.1. The maximum atomic E-state index is 12.1. The maximum absolute atomic E-state index is 12.1. The molecule has 0 saturated heterocycles. The predicted molar refractivity (Wildman–Crippen MR) is 98.8 cm³/mol. The minimum Gasteiger partial charge on any atom is -0.326 e. The molecule has 1 rings (SSSR count). The first kappa shape index (κ1) is 20.6. The number of benzene rings is 1. The minimum atomic E-state index is -3.31. The molecule has 136 valence electrons. The number of nitrogens with zero attached hydrogens (tertiary/aromatic N) is 2. The van der Waals surface area contributed by atoms with Crippen molar-refractivity contribution in [3.05, 3.63) is 29.3 Å². The van der Waals surface area contributed by atoms with Crippen LogP contribution in [0.5, 0.6) is 0 Å². The van der Waals surface area contributed by atoms with Crippen LogP contribution >= 0.6 is 0 Å². The number of amides is 1. The normalized spacial score (nSPS) is 12.0. The Balaban J connectivity index is 2.55. The molecule has 0 heterocycles. The highest BCUT2D eigenvalue weighted by atomic mass is 32.2. The summed E-state index contributed by atoms with van der Waals surface area (Å²) in [5.74, 6) is -0.181. The lowest BCUT2D eigenvalue weighted by Crippen LogP contribution is -2.35. The molecule has 0 saturated carbocycles. The highest BCUT2D eigenvalue weighted by Crippen LogP contribution is 2.14. The summed E-state index contributed by atoms with van der Waals surface area (Å²) in [7, 11) is 0.584. The lowest BCUT2D eigenvalue weighted by atomic mass is 10.1. The largest absolute Gasteiger partial charge is 0.326 e. The average Bonchev–Trinajstić information content (AvgIpc) is 2.45. The number of hydrogen-bond acceptors (Lipinski definition) is 4. The zero-order valence-electron chi connectivity index (χ0n) is 15.3. The van der Waals surface area contributed by atoms with Crippen LogP contribution in [0.4, 0.5) is 5.69 Å². The molecule has 0 fully saturated rings. The summed E-state index contributed by atoms with van der Waals surface area (Å²) < 4.78 is 25.1. The van der Waals surface area contributed by atoms with E-state index in [1.54, 1.807) is 0 Å². The summed E-state index contributed by atoms with van der Waals surface area (Å²) in [6.45, 7) is 5.43. The smallest absolute Gasteiger partial charge is 0.225 e. The van der Waals surface area contributed by atoms with Gasteiger partial charge in [0.1, 0.15) is 0 Å². The third kappa shape index (κ3) is 7.42. The summed E-state index contributed by atoms with van der Waals surface area (Å²) in [6.07, 6.45) is 2.06. The fourth-order valence-corrected chi connectivity index (χ4v) is 3.16. The van der Waals surface area contributed by atoms with E-state index in [0.717, 1.165) is 29.8 Å². The van der Waals surface area contributed by atoms with Crippen LogP contribution in [0.25, 0.3) is 0 Å². The highest BCUT2D eigenvalue weighted by molar-refractivity contribution is 7.88. The van der Waals surface area contributed by atoms with Crippen LogP contribution in [0.1, 0.15) is 24.0 Å². The summed E-state index contributed by atoms with van der Waals surface area (Å²) >= 11 is 0. The van der Waals surface area contributed by atoms with Gasteiger partial charge in [-0.15, -0.1) is 0 Å². The predicted octanol–water partition coefficient (Wildman–Crippen LogP) is 1.85. The number of sulfonamides is 1. The molecule has 1 N–H and O–H groups in total. The van der Waals surface area contributed by atoms with Crippen molar-refractivity contribution in [2.45, 2.75) is 26.7 Å². The van der Waals surface area contributed by atoms with Crippen LogP contribution in [0.15, 0.2) is 18.2 Å². The molecule has 1 amide bonds. The molecule has 1 aromatic carbocycles. The number of carbonyl (C=O) groups excluding carboxylic acids is 1. The molecule has 0 unspecified atom stereocenters. The van der Waals surface area contributed by atoms with E-state index in [2.05, 4.69) is 5.32 Å². The van der Waals surface area contributed by atoms with Crippen LogP contribution in [-0.4, -0.2) is 63.5 Å². The Kier molecular flexibility index (Phi) is 7.86. The first-order valence-electron chi connectivity index (χ1n) is 8.06. The molecule has 0 radical (unpaired) electrons. The van der Waals surface area contributed by atoms with Gasteiger partial charge in [0.25, 0.3) is 0 Å². The number of anilines is 1. The molecule has 0 bridgehead atoms. The Morgan fingerprint density at radius 1 is 1.08 bits per heavy atom. The molecule has 0 aromatic heterocycles. The molecule has 0 aliphatic rings. The van der Waals surface area contributed by atoms with Gasteiger partial charge in [0.05, 0.1) is 6.26 Å². The number of nitrogens with one attached hydrogen (secondary N) is 1. The molecular formula is C17H29N3O3S. The molecule has 24 heavy (non-hydrogen) atoms. The summed E-state index contributed by atoms with van der Waals surface area (Å²) in [5.41, 5.74) is 3.01. The summed E-state index contributed by atoms with van der Waals surface area (Å²) in [4.78, 5) is 14.1. The second-order valence-corrected chi connectivity index (χ2v) is 8.40. The van der Waals surface area contributed by atoms with E-state index in [1.165, 1.54) is 10.6 Å². The van der Waals surface area contributed by atoms with E-state index in [9.17, 15) is 13.2 Å². The number of aryl methyl sites for hydroxylation is 2.